The number of thiazole rings is 1. The van der Waals surface area contributed by atoms with Gasteiger partial charge in [0.2, 0.25) is 5.01 Å². The molecule has 8 nitrogen and oxygen atoms in total. The zero-order valence-electron chi connectivity index (χ0n) is 17.6. The number of amides is 1. The summed E-state index contributed by atoms with van der Waals surface area (Å²) in [6.07, 6.45) is 3.67. The predicted molar refractivity (Wildman–Crippen MR) is 115 cm³/mol. The number of furan rings is 1. The third-order valence-corrected chi connectivity index (χ3v) is 6.06. The fraction of sp³-hybridized carbons (Fsp3) is 0.409. The molecule has 31 heavy (non-hydrogen) atoms. The van der Waals surface area contributed by atoms with Crippen molar-refractivity contribution in [1.29, 1.82) is 0 Å². The molecule has 0 radical (unpaired) electrons. The Morgan fingerprint density at radius 2 is 2.29 bits per heavy atom. The molecule has 0 bridgehead atoms. The first kappa shape index (κ1) is 21.3. The van der Waals surface area contributed by atoms with E-state index in [-0.39, 0.29) is 23.6 Å². The number of hydrogen-bond acceptors (Lipinski definition) is 7. The molecule has 1 N–H and O–H groups in total. The van der Waals surface area contributed by atoms with Crippen LogP contribution >= 0.6 is 11.3 Å². The van der Waals surface area contributed by atoms with E-state index in [1.165, 1.54) is 11.3 Å². The summed E-state index contributed by atoms with van der Waals surface area (Å²) in [7, 11) is 0. The van der Waals surface area contributed by atoms with Crippen LogP contribution in [0.1, 0.15) is 51.4 Å². The Bertz CT molecular complexity index is 1050. The van der Waals surface area contributed by atoms with E-state index >= 15 is 0 Å². The summed E-state index contributed by atoms with van der Waals surface area (Å²) in [6.45, 7) is 5.62. The van der Waals surface area contributed by atoms with Crippen LogP contribution in [0.5, 0.6) is 0 Å². The van der Waals surface area contributed by atoms with Crippen LogP contribution in [-0.2, 0) is 16.0 Å². The van der Waals surface area contributed by atoms with Gasteiger partial charge in [-0.25, -0.2) is 9.78 Å². The topological polar surface area (TPSA) is 95.6 Å². The molecular weight excluding hydrogens is 418 g/mol. The van der Waals surface area contributed by atoms with E-state index in [9.17, 15) is 9.59 Å². The number of carbonyl (C=O) groups excluding carboxylic acids is 2. The van der Waals surface area contributed by atoms with Gasteiger partial charge in [0.05, 0.1) is 42.5 Å². The molecule has 1 saturated heterocycles. The molecule has 0 spiro atoms. The number of aromatic nitrogens is 2. The summed E-state index contributed by atoms with van der Waals surface area (Å²) in [5.74, 6) is 0.148. The molecule has 1 aliphatic heterocycles. The zero-order valence-corrected chi connectivity index (χ0v) is 18.4. The molecule has 1 atom stereocenters. The van der Waals surface area contributed by atoms with Gasteiger partial charge in [0, 0.05) is 24.2 Å². The van der Waals surface area contributed by atoms with Crippen molar-refractivity contribution in [2.24, 2.45) is 0 Å². The molecule has 4 heterocycles. The summed E-state index contributed by atoms with van der Waals surface area (Å²) in [4.78, 5) is 29.4. The molecule has 0 saturated carbocycles. The number of carbonyl (C=O) groups is 2. The van der Waals surface area contributed by atoms with Crippen molar-refractivity contribution in [1.82, 2.24) is 14.9 Å². The lowest BCUT2D eigenvalue weighted by Gasteiger charge is -2.11. The van der Waals surface area contributed by atoms with Crippen LogP contribution in [0, 0.1) is 6.92 Å². The third-order valence-electron chi connectivity index (χ3n) is 5.24. The molecule has 164 valence electrons. The van der Waals surface area contributed by atoms with E-state index in [2.05, 4.69) is 10.3 Å². The first-order chi connectivity index (χ1) is 15.1. The molecular formula is C22H25N3O5S. The monoisotopic (exact) mass is 443 g/mol. The summed E-state index contributed by atoms with van der Waals surface area (Å²) >= 11 is 1.22. The highest BCUT2D eigenvalue weighted by Crippen LogP contribution is 2.29. The van der Waals surface area contributed by atoms with Crippen LogP contribution in [-0.4, -0.2) is 47.3 Å². The van der Waals surface area contributed by atoms with Crippen LogP contribution in [0.4, 0.5) is 0 Å². The van der Waals surface area contributed by atoms with Gasteiger partial charge in [-0.15, -0.1) is 11.3 Å². The number of nitrogens with zero attached hydrogens (tertiary/aromatic N) is 2. The van der Waals surface area contributed by atoms with E-state index < -0.39 is 5.97 Å². The van der Waals surface area contributed by atoms with Gasteiger partial charge in [-0.1, -0.05) is 0 Å². The average molecular weight is 444 g/mol. The SMILES string of the molecule is CCOC(=O)c1nc(-c2cc(C(=O)NCC3CCCO3)c(C)n2Cc2ccco2)cs1. The van der Waals surface area contributed by atoms with Gasteiger partial charge in [-0.05, 0) is 44.9 Å². The molecule has 0 aliphatic carbocycles. The van der Waals surface area contributed by atoms with Gasteiger partial charge in [0.1, 0.15) is 5.76 Å². The highest BCUT2D eigenvalue weighted by atomic mass is 32.1. The molecule has 1 aliphatic rings. The number of nitrogens with one attached hydrogen (secondary N) is 1. The van der Waals surface area contributed by atoms with Crippen molar-refractivity contribution in [2.45, 2.75) is 39.3 Å². The Balaban J connectivity index is 1.63. The molecule has 3 aromatic rings. The summed E-state index contributed by atoms with van der Waals surface area (Å²) in [6, 6.07) is 5.52. The average Bonchev–Trinajstić information content (AvgIpc) is 3.56. The molecule has 3 aromatic heterocycles. The maximum atomic E-state index is 12.9. The highest BCUT2D eigenvalue weighted by molar-refractivity contribution is 7.11. The lowest BCUT2D eigenvalue weighted by molar-refractivity contribution is 0.0526. The summed E-state index contributed by atoms with van der Waals surface area (Å²) in [5, 5.41) is 5.06. The Labute approximate surface area is 184 Å². The number of hydrogen-bond donors (Lipinski definition) is 1. The number of rotatable bonds is 8. The number of ether oxygens (including phenoxy) is 2. The van der Waals surface area contributed by atoms with Gasteiger partial charge in [-0.2, -0.15) is 0 Å². The van der Waals surface area contributed by atoms with Gasteiger partial charge in [0.25, 0.3) is 5.91 Å². The van der Waals surface area contributed by atoms with E-state index in [0.717, 1.165) is 36.6 Å². The predicted octanol–water partition coefficient (Wildman–Crippen LogP) is 3.65. The van der Waals surface area contributed by atoms with Crippen molar-refractivity contribution < 1.29 is 23.5 Å². The fourth-order valence-corrected chi connectivity index (χ4v) is 4.34. The second-order valence-electron chi connectivity index (χ2n) is 7.30. The summed E-state index contributed by atoms with van der Waals surface area (Å²) in [5.41, 5.74) is 2.70. The maximum Gasteiger partial charge on any atom is 0.367 e. The van der Waals surface area contributed by atoms with E-state index in [4.69, 9.17) is 13.9 Å². The minimum atomic E-state index is -0.450. The minimum absolute atomic E-state index is 0.0691. The Kier molecular flexibility index (Phi) is 6.53. The van der Waals surface area contributed by atoms with Gasteiger partial charge < -0.3 is 23.8 Å². The standard InChI is InChI=1S/C22H25N3O5S/c1-3-28-22(27)21-24-18(13-31-21)19-10-17(20(26)23-11-15-6-4-8-29-15)14(2)25(19)12-16-7-5-9-30-16/h5,7,9-10,13,15H,3-4,6,8,11-12H2,1-2H3,(H,23,26). The maximum absolute atomic E-state index is 12.9. The van der Waals surface area contributed by atoms with Gasteiger partial charge in [-0.3, -0.25) is 4.79 Å². The zero-order chi connectivity index (χ0) is 21.8. The van der Waals surface area contributed by atoms with E-state index in [1.54, 1.807) is 18.6 Å². The number of esters is 1. The third kappa shape index (κ3) is 4.72. The quantitative estimate of drug-likeness (QED) is 0.534. The molecule has 1 amide bonds. The van der Waals surface area contributed by atoms with Crippen molar-refractivity contribution >= 4 is 23.2 Å². The van der Waals surface area contributed by atoms with E-state index in [0.29, 0.717) is 24.3 Å². The van der Waals surface area contributed by atoms with Crippen LogP contribution in [0.15, 0.2) is 34.3 Å². The molecule has 9 heteroatoms. The van der Waals surface area contributed by atoms with Gasteiger partial charge in [0.15, 0.2) is 0 Å². The van der Waals surface area contributed by atoms with Crippen LogP contribution in [0.25, 0.3) is 11.4 Å². The van der Waals surface area contributed by atoms with E-state index in [1.807, 2.05) is 29.7 Å². The van der Waals surface area contributed by atoms with Gasteiger partial charge >= 0.3 is 5.97 Å². The van der Waals surface area contributed by atoms with Crippen molar-refractivity contribution in [3.05, 3.63) is 51.9 Å². The fourth-order valence-electron chi connectivity index (χ4n) is 3.63. The lowest BCUT2D eigenvalue weighted by Crippen LogP contribution is -2.32. The normalized spacial score (nSPS) is 15.9. The molecule has 0 aromatic carbocycles. The molecule has 1 fully saturated rings. The Morgan fingerprint density at radius 1 is 1.42 bits per heavy atom. The minimum Gasteiger partial charge on any atom is -0.467 e. The van der Waals surface area contributed by atoms with Crippen LogP contribution in [0.2, 0.25) is 0 Å². The first-order valence-corrected chi connectivity index (χ1v) is 11.2. The van der Waals surface area contributed by atoms with Crippen LogP contribution in [0.3, 0.4) is 0 Å². The first-order valence-electron chi connectivity index (χ1n) is 10.3. The van der Waals surface area contributed by atoms with Crippen molar-refractivity contribution in [3.63, 3.8) is 0 Å². The largest absolute Gasteiger partial charge is 0.467 e. The van der Waals surface area contributed by atoms with Crippen molar-refractivity contribution in [2.75, 3.05) is 19.8 Å². The Morgan fingerprint density at radius 3 is 3.00 bits per heavy atom. The van der Waals surface area contributed by atoms with Crippen LogP contribution < -0.4 is 5.32 Å². The lowest BCUT2D eigenvalue weighted by atomic mass is 10.2. The second kappa shape index (κ2) is 9.49. The highest BCUT2D eigenvalue weighted by Gasteiger charge is 2.23. The van der Waals surface area contributed by atoms with Crippen molar-refractivity contribution in [3.8, 4) is 11.4 Å². The Hall–Kier alpha value is -2.91. The molecule has 4 rings (SSSR count). The molecule has 1 unspecified atom stereocenters. The summed E-state index contributed by atoms with van der Waals surface area (Å²) < 4.78 is 18.1. The second-order valence-corrected chi connectivity index (χ2v) is 8.16. The smallest absolute Gasteiger partial charge is 0.367 e.